The Labute approximate surface area is 127 Å². The molecule has 0 aromatic heterocycles. The van der Waals surface area contributed by atoms with Crippen molar-refractivity contribution in [1.29, 1.82) is 0 Å². The standard InChI is InChI=1S/C16H15ClFNO2/c1-19-16(11-8-10(18)6-7-12(11)17)15-9-20-13-4-2-3-5-14(13)21-15/h2-8,15-16,19H,9H2,1H3. The lowest BCUT2D eigenvalue weighted by atomic mass is 10.0. The van der Waals surface area contributed by atoms with Crippen LogP contribution in [0.2, 0.25) is 5.02 Å². The van der Waals surface area contributed by atoms with Crippen LogP contribution < -0.4 is 14.8 Å². The van der Waals surface area contributed by atoms with Gasteiger partial charge in [-0.2, -0.15) is 0 Å². The van der Waals surface area contributed by atoms with Gasteiger partial charge < -0.3 is 14.8 Å². The number of ether oxygens (including phenoxy) is 2. The average molecular weight is 308 g/mol. The molecule has 2 unspecified atom stereocenters. The first kappa shape index (κ1) is 14.2. The highest BCUT2D eigenvalue weighted by atomic mass is 35.5. The third-order valence-corrected chi connectivity index (χ3v) is 3.85. The number of para-hydroxylation sites is 2. The summed E-state index contributed by atoms with van der Waals surface area (Å²) >= 11 is 6.19. The predicted molar refractivity (Wildman–Crippen MR) is 79.6 cm³/mol. The normalized spacial score (nSPS) is 18.3. The van der Waals surface area contributed by atoms with Crippen molar-refractivity contribution in [1.82, 2.24) is 5.32 Å². The van der Waals surface area contributed by atoms with E-state index < -0.39 is 0 Å². The molecule has 2 aromatic rings. The molecule has 110 valence electrons. The van der Waals surface area contributed by atoms with Gasteiger partial charge in [0.25, 0.3) is 0 Å². The van der Waals surface area contributed by atoms with E-state index in [1.54, 1.807) is 13.1 Å². The Morgan fingerprint density at radius 3 is 2.76 bits per heavy atom. The molecule has 0 amide bonds. The van der Waals surface area contributed by atoms with Crippen LogP contribution in [0.4, 0.5) is 4.39 Å². The molecule has 0 aliphatic carbocycles. The van der Waals surface area contributed by atoms with Crippen LogP contribution in [0, 0.1) is 5.82 Å². The van der Waals surface area contributed by atoms with E-state index in [4.69, 9.17) is 21.1 Å². The van der Waals surface area contributed by atoms with Crippen LogP contribution in [0.15, 0.2) is 42.5 Å². The number of benzene rings is 2. The zero-order valence-electron chi connectivity index (χ0n) is 11.5. The fourth-order valence-corrected chi connectivity index (χ4v) is 2.73. The molecule has 1 heterocycles. The van der Waals surface area contributed by atoms with E-state index in [-0.39, 0.29) is 18.0 Å². The van der Waals surface area contributed by atoms with Crippen LogP contribution in [0.5, 0.6) is 11.5 Å². The molecule has 1 aliphatic heterocycles. The van der Waals surface area contributed by atoms with Gasteiger partial charge in [-0.05, 0) is 42.9 Å². The van der Waals surface area contributed by atoms with Crippen LogP contribution in [0.1, 0.15) is 11.6 Å². The molecule has 1 aliphatic rings. The summed E-state index contributed by atoms with van der Waals surface area (Å²) in [7, 11) is 1.79. The van der Waals surface area contributed by atoms with Crippen molar-refractivity contribution in [2.45, 2.75) is 12.1 Å². The largest absolute Gasteiger partial charge is 0.486 e. The molecule has 0 saturated carbocycles. The summed E-state index contributed by atoms with van der Waals surface area (Å²) in [5, 5.41) is 3.63. The van der Waals surface area contributed by atoms with Crippen molar-refractivity contribution in [2.24, 2.45) is 0 Å². The predicted octanol–water partition coefficient (Wildman–Crippen LogP) is 3.58. The van der Waals surface area contributed by atoms with Gasteiger partial charge in [-0.1, -0.05) is 23.7 Å². The number of rotatable bonds is 3. The number of nitrogens with one attached hydrogen (secondary N) is 1. The van der Waals surface area contributed by atoms with Crippen LogP contribution in [-0.4, -0.2) is 19.8 Å². The summed E-state index contributed by atoms with van der Waals surface area (Å²) in [4.78, 5) is 0. The SMILES string of the molecule is CNC(c1cc(F)ccc1Cl)C1COc2ccccc2O1. The Kier molecular flexibility index (Phi) is 3.99. The Morgan fingerprint density at radius 2 is 2.00 bits per heavy atom. The number of likely N-dealkylation sites (N-methyl/N-ethyl adjacent to an activating group) is 1. The fourth-order valence-electron chi connectivity index (χ4n) is 2.49. The summed E-state index contributed by atoms with van der Waals surface area (Å²) in [6, 6.07) is 11.5. The lowest BCUT2D eigenvalue weighted by Gasteiger charge is -2.32. The quantitative estimate of drug-likeness (QED) is 0.940. The summed E-state index contributed by atoms with van der Waals surface area (Å²) in [5.41, 5.74) is 0.659. The summed E-state index contributed by atoms with van der Waals surface area (Å²) in [6.07, 6.45) is -0.288. The summed E-state index contributed by atoms with van der Waals surface area (Å²) in [5.74, 6) is 1.07. The molecular weight excluding hydrogens is 293 g/mol. The van der Waals surface area contributed by atoms with Crippen LogP contribution in [-0.2, 0) is 0 Å². The monoisotopic (exact) mass is 307 g/mol. The lowest BCUT2D eigenvalue weighted by molar-refractivity contribution is 0.0638. The number of fused-ring (bicyclic) bond motifs is 1. The van der Waals surface area contributed by atoms with Gasteiger partial charge in [0.1, 0.15) is 12.4 Å². The van der Waals surface area contributed by atoms with Gasteiger partial charge in [0.15, 0.2) is 17.6 Å². The third-order valence-electron chi connectivity index (χ3n) is 3.51. The van der Waals surface area contributed by atoms with Gasteiger partial charge in [-0.15, -0.1) is 0 Å². The van der Waals surface area contributed by atoms with E-state index in [1.807, 2.05) is 24.3 Å². The smallest absolute Gasteiger partial charge is 0.161 e. The highest BCUT2D eigenvalue weighted by Crippen LogP contribution is 2.35. The van der Waals surface area contributed by atoms with E-state index >= 15 is 0 Å². The topological polar surface area (TPSA) is 30.5 Å². The highest BCUT2D eigenvalue weighted by Gasteiger charge is 2.30. The average Bonchev–Trinajstić information content (AvgIpc) is 2.51. The van der Waals surface area contributed by atoms with Crippen molar-refractivity contribution in [3.05, 3.63) is 58.9 Å². The molecule has 2 atom stereocenters. The first-order valence-corrected chi connectivity index (χ1v) is 7.07. The van der Waals surface area contributed by atoms with Crippen molar-refractivity contribution in [3.8, 4) is 11.5 Å². The molecule has 1 N–H and O–H groups in total. The number of halogens is 2. The highest BCUT2D eigenvalue weighted by molar-refractivity contribution is 6.31. The Hall–Kier alpha value is -1.78. The van der Waals surface area contributed by atoms with Crippen LogP contribution in [0.3, 0.4) is 0 Å². The molecule has 21 heavy (non-hydrogen) atoms. The fraction of sp³-hybridized carbons (Fsp3) is 0.250. The minimum atomic E-state index is -0.327. The number of hydrogen-bond acceptors (Lipinski definition) is 3. The van der Waals surface area contributed by atoms with E-state index in [2.05, 4.69) is 5.32 Å². The van der Waals surface area contributed by atoms with E-state index in [0.717, 1.165) is 0 Å². The molecule has 5 heteroatoms. The number of hydrogen-bond donors (Lipinski definition) is 1. The Morgan fingerprint density at radius 1 is 1.24 bits per heavy atom. The summed E-state index contributed by atoms with van der Waals surface area (Å²) < 4.78 is 25.2. The summed E-state index contributed by atoms with van der Waals surface area (Å²) in [6.45, 7) is 0.370. The zero-order valence-corrected chi connectivity index (χ0v) is 12.2. The lowest BCUT2D eigenvalue weighted by Crippen LogP contribution is -2.40. The van der Waals surface area contributed by atoms with Crippen molar-refractivity contribution in [3.63, 3.8) is 0 Å². The minimum absolute atomic E-state index is 0.262. The Balaban J connectivity index is 1.90. The first-order chi connectivity index (χ1) is 10.2. The van der Waals surface area contributed by atoms with Crippen molar-refractivity contribution >= 4 is 11.6 Å². The van der Waals surface area contributed by atoms with Gasteiger partial charge in [0, 0.05) is 5.02 Å². The molecule has 3 nitrogen and oxygen atoms in total. The molecule has 0 fully saturated rings. The maximum atomic E-state index is 13.5. The maximum Gasteiger partial charge on any atom is 0.161 e. The molecule has 2 aromatic carbocycles. The molecule has 0 radical (unpaired) electrons. The van der Waals surface area contributed by atoms with E-state index in [9.17, 15) is 4.39 Å². The minimum Gasteiger partial charge on any atom is -0.486 e. The van der Waals surface area contributed by atoms with Gasteiger partial charge in [0.2, 0.25) is 0 Å². The third kappa shape index (κ3) is 2.82. The van der Waals surface area contributed by atoms with Crippen molar-refractivity contribution in [2.75, 3.05) is 13.7 Å². The molecule has 3 rings (SSSR count). The molecule has 0 spiro atoms. The second kappa shape index (κ2) is 5.92. The van der Waals surface area contributed by atoms with Crippen LogP contribution in [0.25, 0.3) is 0 Å². The van der Waals surface area contributed by atoms with E-state index in [1.165, 1.54) is 12.1 Å². The van der Waals surface area contributed by atoms with Gasteiger partial charge in [-0.3, -0.25) is 0 Å². The van der Waals surface area contributed by atoms with Gasteiger partial charge in [-0.25, -0.2) is 4.39 Å². The van der Waals surface area contributed by atoms with Crippen LogP contribution >= 0.6 is 11.6 Å². The second-order valence-corrected chi connectivity index (χ2v) is 5.25. The van der Waals surface area contributed by atoms with Crippen molar-refractivity contribution < 1.29 is 13.9 Å². The molecular formula is C16H15ClFNO2. The molecule has 0 saturated heterocycles. The second-order valence-electron chi connectivity index (χ2n) is 4.85. The maximum absolute atomic E-state index is 13.5. The molecule has 0 bridgehead atoms. The Bertz CT molecular complexity index is 650. The van der Waals surface area contributed by atoms with Gasteiger partial charge in [0.05, 0.1) is 6.04 Å². The first-order valence-electron chi connectivity index (χ1n) is 6.69. The zero-order chi connectivity index (χ0) is 14.8. The van der Waals surface area contributed by atoms with Gasteiger partial charge >= 0.3 is 0 Å². The van der Waals surface area contributed by atoms with E-state index in [0.29, 0.717) is 28.7 Å².